The van der Waals surface area contributed by atoms with Crippen LogP contribution in [0, 0.1) is 11.6 Å². The minimum absolute atomic E-state index is 0.0502. The minimum atomic E-state index is -0.867. The van der Waals surface area contributed by atoms with Gasteiger partial charge >= 0.3 is 0 Å². The van der Waals surface area contributed by atoms with Crippen molar-refractivity contribution < 1.29 is 18.6 Å². The number of aliphatic hydroxyl groups excluding tert-OH is 1. The molecule has 0 saturated heterocycles. The van der Waals surface area contributed by atoms with Crippen LogP contribution in [-0.4, -0.2) is 23.2 Å². The maximum absolute atomic E-state index is 13.7. The summed E-state index contributed by atoms with van der Waals surface area (Å²) in [5.41, 5.74) is 0.936. The van der Waals surface area contributed by atoms with E-state index < -0.39 is 11.6 Å². The SMILES string of the molecule is CCNc1nc(Oc2ccc(CCO)cc2)c(F)cc1F. The predicted molar refractivity (Wildman–Crippen MR) is 75.6 cm³/mol. The molecule has 1 aromatic heterocycles. The molecule has 2 N–H and O–H groups in total. The minimum Gasteiger partial charge on any atom is -0.436 e. The molecule has 0 aliphatic heterocycles. The Morgan fingerprint density at radius 3 is 2.52 bits per heavy atom. The van der Waals surface area contributed by atoms with Crippen molar-refractivity contribution in [2.45, 2.75) is 13.3 Å². The molecule has 0 fully saturated rings. The molecular formula is C15H16F2N2O2. The summed E-state index contributed by atoms with van der Waals surface area (Å²) in [4.78, 5) is 3.79. The van der Waals surface area contributed by atoms with Crippen LogP contribution >= 0.6 is 0 Å². The van der Waals surface area contributed by atoms with Crippen molar-refractivity contribution in [1.29, 1.82) is 0 Å². The van der Waals surface area contributed by atoms with Gasteiger partial charge in [0.15, 0.2) is 17.5 Å². The van der Waals surface area contributed by atoms with Crippen LogP contribution in [0.4, 0.5) is 14.6 Å². The van der Waals surface area contributed by atoms with Gasteiger partial charge in [0.05, 0.1) is 0 Å². The number of hydrogen-bond donors (Lipinski definition) is 2. The Morgan fingerprint density at radius 2 is 1.90 bits per heavy atom. The van der Waals surface area contributed by atoms with Crippen molar-refractivity contribution in [3.8, 4) is 11.6 Å². The van der Waals surface area contributed by atoms with E-state index in [4.69, 9.17) is 9.84 Å². The van der Waals surface area contributed by atoms with E-state index in [9.17, 15) is 8.78 Å². The monoisotopic (exact) mass is 294 g/mol. The summed E-state index contributed by atoms with van der Waals surface area (Å²) in [6, 6.07) is 7.54. The van der Waals surface area contributed by atoms with E-state index in [1.807, 2.05) is 0 Å². The predicted octanol–water partition coefficient (Wildman–Crippen LogP) is 3.12. The van der Waals surface area contributed by atoms with Gasteiger partial charge in [-0.05, 0) is 31.0 Å². The van der Waals surface area contributed by atoms with E-state index in [-0.39, 0.29) is 18.3 Å². The van der Waals surface area contributed by atoms with Gasteiger partial charge in [-0.3, -0.25) is 0 Å². The average molecular weight is 294 g/mol. The highest BCUT2D eigenvalue weighted by Gasteiger charge is 2.13. The molecule has 1 aromatic carbocycles. The number of ether oxygens (including phenoxy) is 1. The summed E-state index contributed by atoms with van der Waals surface area (Å²) >= 11 is 0. The lowest BCUT2D eigenvalue weighted by atomic mass is 10.1. The first-order valence-electron chi connectivity index (χ1n) is 6.61. The quantitative estimate of drug-likeness (QED) is 0.859. The van der Waals surface area contributed by atoms with Gasteiger partial charge in [0.25, 0.3) is 5.88 Å². The van der Waals surface area contributed by atoms with Crippen molar-refractivity contribution in [3.05, 3.63) is 47.5 Å². The molecule has 0 saturated carbocycles. The maximum atomic E-state index is 13.7. The zero-order chi connectivity index (χ0) is 15.2. The van der Waals surface area contributed by atoms with E-state index in [1.54, 1.807) is 31.2 Å². The van der Waals surface area contributed by atoms with Crippen molar-refractivity contribution in [2.24, 2.45) is 0 Å². The molecule has 0 bridgehead atoms. The van der Waals surface area contributed by atoms with Crippen LogP contribution in [0.1, 0.15) is 12.5 Å². The number of nitrogens with zero attached hydrogens (tertiary/aromatic N) is 1. The third-order valence-corrected chi connectivity index (χ3v) is 2.78. The average Bonchev–Trinajstić information content (AvgIpc) is 2.46. The fourth-order valence-corrected chi connectivity index (χ4v) is 1.78. The maximum Gasteiger partial charge on any atom is 0.258 e. The summed E-state index contributed by atoms with van der Waals surface area (Å²) in [6.07, 6.45) is 0.536. The second-order valence-corrected chi connectivity index (χ2v) is 4.36. The second kappa shape index (κ2) is 6.99. The number of anilines is 1. The Kier molecular flexibility index (Phi) is 5.05. The van der Waals surface area contributed by atoms with E-state index in [0.29, 0.717) is 18.7 Å². The molecule has 112 valence electrons. The van der Waals surface area contributed by atoms with Crippen molar-refractivity contribution in [2.75, 3.05) is 18.5 Å². The molecule has 2 rings (SSSR count). The molecule has 0 amide bonds. The zero-order valence-electron chi connectivity index (χ0n) is 11.6. The van der Waals surface area contributed by atoms with E-state index >= 15 is 0 Å². The Bertz CT molecular complexity index is 603. The van der Waals surface area contributed by atoms with E-state index in [2.05, 4.69) is 10.3 Å². The lowest BCUT2D eigenvalue weighted by Crippen LogP contribution is -2.04. The molecule has 6 heteroatoms. The Balaban J connectivity index is 2.20. The first kappa shape index (κ1) is 15.2. The molecule has 0 spiro atoms. The lowest BCUT2D eigenvalue weighted by molar-refractivity contribution is 0.299. The van der Waals surface area contributed by atoms with Crippen LogP contribution < -0.4 is 10.1 Å². The van der Waals surface area contributed by atoms with Crippen LogP contribution in [-0.2, 0) is 6.42 Å². The van der Waals surface area contributed by atoms with Crippen molar-refractivity contribution in [1.82, 2.24) is 4.98 Å². The highest BCUT2D eigenvalue weighted by Crippen LogP contribution is 2.26. The number of pyridine rings is 1. The fourth-order valence-electron chi connectivity index (χ4n) is 1.78. The molecule has 0 radical (unpaired) electrons. The van der Waals surface area contributed by atoms with Gasteiger partial charge in [-0.15, -0.1) is 0 Å². The Morgan fingerprint density at radius 1 is 1.19 bits per heavy atom. The van der Waals surface area contributed by atoms with Gasteiger partial charge in [0.2, 0.25) is 0 Å². The number of benzene rings is 1. The zero-order valence-corrected chi connectivity index (χ0v) is 11.6. The Hall–Kier alpha value is -2.21. The van der Waals surface area contributed by atoms with Crippen LogP contribution in [0.2, 0.25) is 0 Å². The normalized spacial score (nSPS) is 10.5. The number of halogens is 2. The third kappa shape index (κ3) is 3.88. The molecule has 0 aliphatic rings. The number of nitrogens with one attached hydrogen (secondary N) is 1. The summed E-state index contributed by atoms with van der Waals surface area (Å²) in [6.45, 7) is 2.30. The third-order valence-electron chi connectivity index (χ3n) is 2.78. The highest BCUT2D eigenvalue weighted by atomic mass is 19.1. The number of aromatic nitrogens is 1. The fraction of sp³-hybridized carbons (Fsp3) is 0.267. The summed E-state index contributed by atoms with van der Waals surface area (Å²) in [7, 11) is 0. The van der Waals surface area contributed by atoms with Crippen LogP contribution in [0.15, 0.2) is 30.3 Å². The smallest absolute Gasteiger partial charge is 0.258 e. The van der Waals surface area contributed by atoms with Gasteiger partial charge < -0.3 is 15.2 Å². The molecule has 0 atom stereocenters. The van der Waals surface area contributed by atoms with E-state index in [1.165, 1.54) is 0 Å². The summed E-state index contributed by atoms with van der Waals surface area (Å²) in [5.74, 6) is -1.58. The van der Waals surface area contributed by atoms with Crippen LogP contribution in [0.25, 0.3) is 0 Å². The largest absolute Gasteiger partial charge is 0.436 e. The van der Waals surface area contributed by atoms with Crippen LogP contribution in [0.3, 0.4) is 0 Å². The Labute approximate surface area is 121 Å². The second-order valence-electron chi connectivity index (χ2n) is 4.36. The van der Waals surface area contributed by atoms with E-state index in [0.717, 1.165) is 11.6 Å². The lowest BCUT2D eigenvalue weighted by Gasteiger charge is -2.10. The first-order valence-corrected chi connectivity index (χ1v) is 6.61. The molecule has 2 aromatic rings. The summed E-state index contributed by atoms with van der Waals surface area (Å²) < 4.78 is 32.4. The molecule has 21 heavy (non-hydrogen) atoms. The van der Waals surface area contributed by atoms with Crippen molar-refractivity contribution in [3.63, 3.8) is 0 Å². The van der Waals surface area contributed by atoms with Gasteiger partial charge in [-0.2, -0.15) is 4.98 Å². The number of aliphatic hydroxyl groups is 1. The molecule has 0 aliphatic carbocycles. The van der Waals surface area contributed by atoms with Gasteiger partial charge in [0.1, 0.15) is 5.75 Å². The summed E-state index contributed by atoms with van der Waals surface area (Å²) in [5, 5.41) is 11.5. The standard InChI is InChI=1S/C15H16F2N2O2/c1-2-18-14-12(16)9-13(17)15(19-14)21-11-5-3-10(4-6-11)7-8-20/h3-6,9,20H,2,7-8H2,1H3,(H,18,19). The van der Waals surface area contributed by atoms with Gasteiger partial charge in [-0.25, -0.2) is 8.78 Å². The highest BCUT2D eigenvalue weighted by molar-refractivity contribution is 5.41. The van der Waals surface area contributed by atoms with Crippen molar-refractivity contribution >= 4 is 5.82 Å². The molecular weight excluding hydrogens is 278 g/mol. The van der Waals surface area contributed by atoms with Gasteiger partial charge in [0, 0.05) is 19.2 Å². The molecule has 0 unspecified atom stereocenters. The number of rotatable bonds is 6. The topological polar surface area (TPSA) is 54.4 Å². The molecule has 1 heterocycles. The molecule has 4 nitrogen and oxygen atoms in total. The first-order chi connectivity index (χ1) is 10.1. The number of hydrogen-bond acceptors (Lipinski definition) is 4. The van der Waals surface area contributed by atoms with Crippen LogP contribution in [0.5, 0.6) is 11.6 Å². The van der Waals surface area contributed by atoms with Gasteiger partial charge in [-0.1, -0.05) is 12.1 Å².